The minimum atomic E-state index is -0.274. The lowest BCUT2D eigenvalue weighted by Crippen LogP contribution is -2.41. The first-order valence-corrected chi connectivity index (χ1v) is 6.75. The van der Waals surface area contributed by atoms with E-state index in [2.05, 4.69) is 5.32 Å². The molecule has 1 aliphatic rings. The quantitative estimate of drug-likeness (QED) is 0.880. The number of rotatable bonds is 4. The average Bonchev–Trinajstić information content (AvgIpc) is 2.75. The maximum atomic E-state index is 11.8. The third-order valence-corrected chi connectivity index (χ3v) is 3.77. The van der Waals surface area contributed by atoms with Crippen LogP contribution in [-0.4, -0.2) is 11.4 Å². The summed E-state index contributed by atoms with van der Waals surface area (Å²) in [6, 6.07) is 7.47. The molecular formula is C14H19ClN2O. The smallest absolute Gasteiger partial charge is 0.222 e. The number of nitrogens with two attached hydrogens (primary N) is 1. The summed E-state index contributed by atoms with van der Waals surface area (Å²) in [7, 11) is 0. The van der Waals surface area contributed by atoms with Crippen molar-refractivity contribution in [2.45, 2.75) is 44.2 Å². The molecule has 0 atom stereocenters. The molecule has 0 radical (unpaired) electrons. The van der Waals surface area contributed by atoms with E-state index < -0.39 is 0 Å². The number of hydrogen-bond donors (Lipinski definition) is 2. The molecule has 0 heterocycles. The van der Waals surface area contributed by atoms with Crippen molar-refractivity contribution in [3.8, 4) is 0 Å². The molecule has 1 aromatic rings. The summed E-state index contributed by atoms with van der Waals surface area (Å²) in [4.78, 5) is 11.8. The van der Waals surface area contributed by atoms with Gasteiger partial charge in [0.2, 0.25) is 5.91 Å². The van der Waals surface area contributed by atoms with E-state index in [1.165, 1.54) is 0 Å². The highest BCUT2D eigenvalue weighted by Gasteiger charge is 2.31. The van der Waals surface area contributed by atoms with Crippen LogP contribution in [0.2, 0.25) is 5.02 Å². The van der Waals surface area contributed by atoms with Crippen molar-refractivity contribution in [3.05, 3.63) is 34.9 Å². The molecule has 0 aromatic heterocycles. The number of benzene rings is 1. The highest BCUT2D eigenvalue weighted by molar-refractivity contribution is 6.30. The summed E-state index contributed by atoms with van der Waals surface area (Å²) < 4.78 is 0. The largest absolute Gasteiger partial charge is 0.352 e. The molecule has 98 valence electrons. The van der Waals surface area contributed by atoms with Crippen molar-refractivity contribution < 1.29 is 4.79 Å². The Bertz CT molecular complexity index is 410. The first-order chi connectivity index (χ1) is 8.57. The van der Waals surface area contributed by atoms with E-state index in [9.17, 15) is 4.79 Å². The molecule has 18 heavy (non-hydrogen) atoms. The molecule has 3 N–H and O–H groups in total. The molecule has 1 aliphatic carbocycles. The zero-order valence-corrected chi connectivity index (χ0v) is 11.2. The lowest BCUT2D eigenvalue weighted by Gasteiger charge is -2.22. The Labute approximate surface area is 113 Å². The fourth-order valence-corrected chi connectivity index (χ4v) is 2.57. The lowest BCUT2D eigenvalue weighted by molar-refractivity contribution is -0.122. The summed E-state index contributed by atoms with van der Waals surface area (Å²) in [5.74, 6) is 0.0364. The van der Waals surface area contributed by atoms with Gasteiger partial charge in [0.15, 0.2) is 0 Å². The van der Waals surface area contributed by atoms with Crippen LogP contribution < -0.4 is 11.1 Å². The maximum absolute atomic E-state index is 11.8. The maximum Gasteiger partial charge on any atom is 0.222 e. The minimum absolute atomic E-state index is 0.0364. The third kappa shape index (κ3) is 3.72. The van der Waals surface area contributed by atoms with Crippen LogP contribution in [0.25, 0.3) is 0 Å². The molecule has 1 aromatic carbocycles. The molecule has 0 spiro atoms. The topological polar surface area (TPSA) is 55.1 Å². The van der Waals surface area contributed by atoms with Crippen LogP contribution in [0.4, 0.5) is 0 Å². The fourth-order valence-electron chi connectivity index (χ4n) is 2.44. The molecule has 1 amide bonds. The van der Waals surface area contributed by atoms with Crippen LogP contribution in [-0.2, 0) is 11.3 Å². The average molecular weight is 267 g/mol. The van der Waals surface area contributed by atoms with Gasteiger partial charge in [-0.3, -0.25) is 4.79 Å². The van der Waals surface area contributed by atoms with Crippen LogP contribution in [0.5, 0.6) is 0 Å². The number of carbonyl (C=O) groups excluding carboxylic acids is 1. The Morgan fingerprint density at radius 3 is 2.50 bits per heavy atom. The second-order valence-electron chi connectivity index (χ2n) is 5.15. The second-order valence-corrected chi connectivity index (χ2v) is 5.59. The number of amides is 1. The van der Waals surface area contributed by atoms with E-state index in [0.717, 1.165) is 31.2 Å². The van der Waals surface area contributed by atoms with Crippen molar-refractivity contribution >= 4 is 17.5 Å². The Hall–Kier alpha value is -1.06. The predicted octanol–water partition coefficient (Wildman–Crippen LogP) is 2.62. The van der Waals surface area contributed by atoms with Crippen molar-refractivity contribution in [2.75, 3.05) is 0 Å². The van der Waals surface area contributed by atoms with Gasteiger partial charge in [-0.05, 0) is 30.5 Å². The predicted molar refractivity (Wildman–Crippen MR) is 73.3 cm³/mol. The number of nitrogens with one attached hydrogen (secondary N) is 1. The normalized spacial score (nSPS) is 17.7. The number of carbonyl (C=O) groups is 1. The lowest BCUT2D eigenvalue weighted by atomic mass is 9.94. The molecule has 0 aliphatic heterocycles. The first kappa shape index (κ1) is 13.4. The van der Waals surface area contributed by atoms with E-state index in [4.69, 9.17) is 17.3 Å². The van der Waals surface area contributed by atoms with Crippen molar-refractivity contribution in [1.29, 1.82) is 0 Å². The van der Waals surface area contributed by atoms with Gasteiger partial charge in [-0.25, -0.2) is 0 Å². The first-order valence-electron chi connectivity index (χ1n) is 6.37. The van der Waals surface area contributed by atoms with Gasteiger partial charge >= 0.3 is 0 Å². The van der Waals surface area contributed by atoms with Gasteiger partial charge in [0.25, 0.3) is 0 Å². The van der Waals surface area contributed by atoms with Crippen molar-refractivity contribution in [3.63, 3.8) is 0 Å². The molecule has 4 heteroatoms. The van der Waals surface area contributed by atoms with E-state index in [0.29, 0.717) is 18.0 Å². The third-order valence-electron chi connectivity index (χ3n) is 3.51. The van der Waals surface area contributed by atoms with Gasteiger partial charge in [-0.2, -0.15) is 0 Å². The Morgan fingerprint density at radius 1 is 1.28 bits per heavy atom. The molecule has 0 bridgehead atoms. The van der Waals surface area contributed by atoms with Crippen molar-refractivity contribution in [2.24, 2.45) is 5.73 Å². The van der Waals surface area contributed by atoms with Crippen molar-refractivity contribution in [1.82, 2.24) is 5.32 Å². The molecule has 1 fully saturated rings. The summed E-state index contributed by atoms with van der Waals surface area (Å²) in [5, 5.41) is 3.61. The monoisotopic (exact) mass is 266 g/mol. The standard InChI is InChI=1S/C14H19ClN2O/c15-12-5-3-11(4-6-12)10-17-13(18)9-14(16)7-1-2-8-14/h3-6H,1-2,7-10,16H2,(H,17,18). The Morgan fingerprint density at radius 2 is 1.89 bits per heavy atom. The molecule has 2 rings (SSSR count). The van der Waals surface area contributed by atoms with Gasteiger partial charge in [-0.15, -0.1) is 0 Å². The summed E-state index contributed by atoms with van der Waals surface area (Å²) in [5.41, 5.74) is 6.94. The molecule has 3 nitrogen and oxygen atoms in total. The van der Waals surface area contributed by atoms with Crippen LogP contribution in [0, 0.1) is 0 Å². The van der Waals surface area contributed by atoms with Gasteiger partial charge in [0, 0.05) is 23.5 Å². The van der Waals surface area contributed by atoms with E-state index >= 15 is 0 Å². The number of halogens is 1. The zero-order chi connectivity index (χ0) is 13.0. The summed E-state index contributed by atoms with van der Waals surface area (Å²) >= 11 is 5.80. The molecular weight excluding hydrogens is 248 g/mol. The molecule has 0 unspecified atom stereocenters. The molecule has 1 saturated carbocycles. The van der Waals surface area contributed by atoms with E-state index in [1.54, 1.807) is 0 Å². The highest BCUT2D eigenvalue weighted by atomic mass is 35.5. The summed E-state index contributed by atoms with van der Waals surface area (Å²) in [6.45, 7) is 0.534. The zero-order valence-electron chi connectivity index (χ0n) is 10.4. The van der Waals surface area contributed by atoms with Gasteiger partial charge in [0.05, 0.1) is 0 Å². The van der Waals surface area contributed by atoms with Crippen LogP contribution in [0.3, 0.4) is 0 Å². The molecule has 0 saturated heterocycles. The van der Waals surface area contributed by atoms with Gasteiger partial charge < -0.3 is 11.1 Å². The van der Waals surface area contributed by atoms with Crippen LogP contribution in [0.1, 0.15) is 37.7 Å². The number of hydrogen-bond acceptors (Lipinski definition) is 2. The Balaban J connectivity index is 1.79. The van der Waals surface area contributed by atoms with Crippen LogP contribution in [0.15, 0.2) is 24.3 Å². The Kier molecular flexibility index (Phi) is 4.25. The van der Waals surface area contributed by atoms with Gasteiger partial charge in [0.1, 0.15) is 0 Å². The fraction of sp³-hybridized carbons (Fsp3) is 0.500. The van der Waals surface area contributed by atoms with Gasteiger partial charge in [-0.1, -0.05) is 36.6 Å². The second kappa shape index (κ2) is 5.72. The SMILES string of the molecule is NC1(CC(=O)NCc2ccc(Cl)cc2)CCCC1. The highest BCUT2D eigenvalue weighted by Crippen LogP contribution is 2.29. The minimum Gasteiger partial charge on any atom is -0.352 e. The van der Waals surface area contributed by atoms with E-state index in [1.807, 2.05) is 24.3 Å². The summed E-state index contributed by atoms with van der Waals surface area (Å²) in [6.07, 6.45) is 4.63. The van der Waals surface area contributed by atoms with Crippen LogP contribution >= 0.6 is 11.6 Å². The van der Waals surface area contributed by atoms with E-state index in [-0.39, 0.29) is 11.4 Å².